The summed E-state index contributed by atoms with van der Waals surface area (Å²) < 4.78 is 0. The monoisotopic (exact) mass is 304 g/mol. The minimum absolute atomic E-state index is 0.287. The number of likely N-dealkylation sites (N-methyl/N-ethyl adjacent to an activating group) is 1. The van der Waals surface area contributed by atoms with E-state index in [1.807, 2.05) is 12.1 Å². The third-order valence-corrected chi connectivity index (χ3v) is 4.08. The van der Waals surface area contributed by atoms with Crippen molar-refractivity contribution in [3.63, 3.8) is 0 Å². The van der Waals surface area contributed by atoms with Gasteiger partial charge in [-0.25, -0.2) is 4.99 Å². The van der Waals surface area contributed by atoms with Crippen molar-refractivity contribution in [2.45, 2.75) is 39.3 Å². The molecule has 1 saturated heterocycles. The summed E-state index contributed by atoms with van der Waals surface area (Å²) in [5.74, 6) is 1.13. The number of likely N-dealkylation sites (tertiary alicyclic amines) is 1. The number of rotatable bonds is 6. The fourth-order valence-electron chi connectivity index (χ4n) is 2.92. The Morgan fingerprint density at radius 3 is 2.95 bits per heavy atom. The third kappa shape index (κ3) is 4.91. The third-order valence-electron chi connectivity index (χ3n) is 4.08. The summed E-state index contributed by atoms with van der Waals surface area (Å²) >= 11 is 0. The molecule has 1 aromatic carbocycles. The highest BCUT2D eigenvalue weighted by atomic mass is 16.3. The summed E-state index contributed by atoms with van der Waals surface area (Å²) in [7, 11) is 0. The zero-order valence-electron chi connectivity index (χ0n) is 13.7. The van der Waals surface area contributed by atoms with Crippen LogP contribution in [0.4, 0.5) is 0 Å². The van der Waals surface area contributed by atoms with E-state index in [0.717, 1.165) is 31.2 Å². The zero-order valence-corrected chi connectivity index (χ0v) is 13.7. The zero-order chi connectivity index (χ0) is 15.8. The van der Waals surface area contributed by atoms with Crippen LogP contribution in [0.1, 0.15) is 32.3 Å². The van der Waals surface area contributed by atoms with Crippen LogP contribution in [0.2, 0.25) is 0 Å². The van der Waals surface area contributed by atoms with Gasteiger partial charge in [0.05, 0.1) is 6.54 Å². The standard InChI is InChI=1S/C17H28N4O/c1-3-18-17(19-12-14-7-5-9-16(22)11-14)20-13-15-8-6-10-21(15)4-2/h5,7,9,11,15,22H,3-4,6,8,10,12-13H2,1-2H3,(H2,18,19,20). The van der Waals surface area contributed by atoms with Gasteiger partial charge in [0.2, 0.25) is 0 Å². The van der Waals surface area contributed by atoms with Crippen LogP contribution >= 0.6 is 0 Å². The van der Waals surface area contributed by atoms with Crippen molar-refractivity contribution in [2.24, 2.45) is 4.99 Å². The van der Waals surface area contributed by atoms with E-state index in [1.165, 1.54) is 19.4 Å². The van der Waals surface area contributed by atoms with E-state index in [0.29, 0.717) is 12.6 Å². The van der Waals surface area contributed by atoms with Crippen molar-refractivity contribution < 1.29 is 5.11 Å². The molecule has 1 heterocycles. The first-order chi connectivity index (χ1) is 10.7. The lowest BCUT2D eigenvalue weighted by Crippen LogP contribution is -2.44. The molecule has 1 atom stereocenters. The number of phenols is 1. The van der Waals surface area contributed by atoms with E-state index >= 15 is 0 Å². The van der Waals surface area contributed by atoms with E-state index < -0.39 is 0 Å². The Morgan fingerprint density at radius 2 is 2.23 bits per heavy atom. The first-order valence-electron chi connectivity index (χ1n) is 8.27. The van der Waals surface area contributed by atoms with Gasteiger partial charge in [-0.2, -0.15) is 0 Å². The molecule has 5 heteroatoms. The average Bonchev–Trinajstić information content (AvgIpc) is 2.97. The van der Waals surface area contributed by atoms with Crippen molar-refractivity contribution in [2.75, 3.05) is 26.2 Å². The molecule has 0 radical (unpaired) electrons. The Hall–Kier alpha value is -1.75. The maximum absolute atomic E-state index is 9.50. The summed E-state index contributed by atoms with van der Waals surface area (Å²) in [4.78, 5) is 7.12. The highest BCUT2D eigenvalue weighted by molar-refractivity contribution is 5.79. The van der Waals surface area contributed by atoms with Crippen LogP contribution in [0.25, 0.3) is 0 Å². The van der Waals surface area contributed by atoms with Crippen LogP contribution in [0.3, 0.4) is 0 Å². The molecule has 1 fully saturated rings. The van der Waals surface area contributed by atoms with Crippen LogP contribution in [0, 0.1) is 0 Å². The lowest BCUT2D eigenvalue weighted by atomic mass is 10.2. The minimum atomic E-state index is 0.287. The number of nitrogens with one attached hydrogen (secondary N) is 2. The highest BCUT2D eigenvalue weighted by Crippen LogP contribution is 2.15. The van der Waals surface area contributed by atoms with Gasteiger partial charge >= 0.3 is 0 Å². The Balaban J connectivity index is 1.89. The molecule has 0 aromatic heterocycles. The van der Waals surface area contributed by atoms with E-state index in [1.54, 1.807) is 12.1 Å². The molecule has 0 spiro atoms. The number of guanidine groups is 1. The van der Waals surface area contributed by atoms with E-state index in [9.17, 15) is 5.11 Å². The van der Waals surface area contributed by atoms with Gasteiger partial charge in [-0.05, 0) is 50.6 Å². The fraction of sp³-hybridized carbons (Fsp3) is 0.588. The van der Waals surface area contributed by atoms with Crippen molar-refractivity contribution in [1.82, 2.24) is 15.5 Å². The number of hydrogen-bond donors (Lipinski definition) is 3. The maximum atomic E-state index is 9.50. The van der Waals surface area contributed by atoms with Crippen molar-refractivity contribution in [1.29, 1.82) is 0 Å². The molecule has 22 heavy (non-hydrogen) atoms. The van der Waals surface area contributed by atoms with Crippen molar-refractivity contribution >= 4 is 5.96 Å². The molecule has 1 unspecified atom stereocenters. The Labute approximate surface area is 133 Å². The summed E-state index contributed by atoms with van der Waals surface area (Å²) in [6.45, 7) is 8.95. The van der Waals surface area contributed by atoms with Gasteiger partial charge in [0, 0.05) is 19.1 Å². The lowest BCUT2D eigenvalue weighted by molar-refractivity contribution is 0.267. The largest absolute Gasteiger partial charge is 0.508 e. The maximum Gasteiger partial charge on any atom is 0.191 e. The van der Waals surface area contributed by atoms with E-state index in [4.69, 9.17) is 0 Å². The lowest BCUT2D eigenvalue weighted by Gasteiger charge is -2.24. The quantitative estimate of drug-likeness (QED) is 0.555. The summed E-state index contributed by atoms with van der Waals surface area (Å²) in [6.07, 6.45) is 2.55. The summed E-state index contributed by atoms with van der Waals surface area (Å²) in [5, 5.41) is 16.2. The Bertz CT molecular complexity index is 489. The van der Waals surface area contributed by atoms with Crippen LogP contribution < -0.4 is 10.6 Å². The second-order valence-electron chi connectivity index (χ2n) is 5.67. The molecular formula is C17H28N4O. The van der Waals surface area contributed by atoms with Crippen molar-refractivity contribution in [3.8, 4) is 5.75 Å². The van der Waals surface area contributed by atoms with Gasteiger partial charge in [0.25, 0.3) is 0 Å². The predicted octanol–water partition coefficient (Wildman–Crippen LogP) is 1.93. The summed E-state index contributed by atoms with van der Waals surface area (Å²) in [6, 6.07) is 7.86. The fourth-order valence-corrected chi connectivity index (χ4v) is 2.92. The molecule has 1 aliphatic heterocycles. The van der Waals surface area contributed by atoms with Gasteiger partial charge in [0.1, 0.15) is 5.75 Å². The number of aromatic hydroxyl groups is 1. The van der Waals surface area contributed by atoms with E-state index in [-0.39, 0.29) is 5.75 Å². The first-order valence-corrected chi connectivity index (χ1v) is 8.27. The van der Waals surface area contributed by atoms with Crippen molar-refractivity contribution in [3.05, 3.63) is 29.8 Å². The van der Waals surface area contributed by atoms with Gasteiger partial charge in [-0.15, -0.1) is 0 Å². The van der Waals surface area contributed by atoms with Gasteiger partial charge < -0.3 is 15.7 Å². The van der Waals surface area contributed by atoms with Gasteiger partial charge in [-0.3, -0.25) is 4.90 Å². The van der Waals surface area contributed by atoms with Gasteiger partial charge in [0.15, 0.2) is 5.96 Å². The molecule has 0 saturated carbocycles. The Kier molecular flexibility index (Phi) is 6.52. The number of phenolic OH excluding ortho intramolecular Hbond substituents is 1. The average molecular weight is 304 g/mol. The number of hydrogen-bond acceptors (Lipinski definition) is 3. The molecule has 0 aliphatic carbocycles. The normalized spacial score (nSPS) is 19.4. The van der Waals surface area contributed by atoms with Crippen LogP contribution in [0.15, 0.2) is 29.3 Å². The molecule has 0 amide bonds. The molecule has 1 aliphatic rings. The molecule has 0 bridgehead atoms. The topological polar surface area (TPSA) is 59.9 Å². The highest BCUT2D eigenvalue weighted by Gasteiger charge is 2.22. The minimum Gasteiger partial charge on any atom is -0.508 e. The second kappa shape index (κ2) is 8.63. The first kappa shape index (κ1) is 16.6. The van der Waals surface area contributed by atoms with Crippen LogP contribution in [-0.2, 0) is 6.54 Å². The molecule has 5 nitrogen and oxygen atoms in total. The molecule has 2 rings (SSSR count). The van der Waals surface area contributed by atoms with E-state index in [2.05, 4.69) is 34.4 Å². The molecular weight excluding hydrogens is 276 g/mol. The van der Waals surface area contributed by atoms with Gasteiger partial charge in [-0.1, -0.05) is 19.1 Å². The number of nitrogens with zero attached hydrogens (tertiary/aromatic N) is 2. The molecule has 1 aromatic rings. The molecule has 122 valence electrons. The SMILES string of the molecule is CCNC(=NCc1cccc(O)c1)NCC1CCCN1CC. The van der Waals surface area contributed by atoms with Crippen LogP contribution in [0.5, 0.6) is 5.75 Å². The second-order valence-corrected chi connectivity index (χ2v) is 5.67. The Morgan fingerprint density at radius 1 is 1.36 bits per heavy atom. The smallest absolute Gasteiger partial charge is 0.191 e. The molecule has 3 N–H and O–H groups in total. The predicted molar refractivity (Wildman–Crippen MR) is 91.2 cm³/mol. The number of benzene rings is 1. The van der Waals surface area contributed by atoms with Crippen LogP contribution in [-0.4, -0.2) is 48.2 Å². The number of aliphatic imine (C=N–C) groups is 1. The summed E-state index contributed by atoms with van der Waals surface area (Å²) in [5.41, 5.74) is 1.01.